The molecular weight excluding hydrogens is 392 g/mol. The van der Waals surface area contributed by atoms with Crippen LogP contribution >= 0.6 is 0 Å². The average Bonchev–Trinajstić information content (AvgIpc) is 2.73. The largest absolute Gasteiger partial charge is 0.573 e. The minimum atomic E-state index is -4.75. The normalized spacial score (nSPS) is 13.6. The van der Waals surface area contributed by atoms with Crippen LogP contribution in [-0.2, 0) is 12.8 Å². The highest BCUT2D eigenvalue weighted by atomic mass is 19.4. The Morgan fingerprint density at radius 1 is 0.833 bits per heavy atom. The highest BCUT2D eigenvalue weighted by molar-refractivity contribution is 5.85. The van der Waals surface area contributed by atoms with Crippen LogP contribution in [0.15, 0.2) is 60.7 Å². The molecule has 1 aliphatic rings. The molecule has 0 spiro atoms. The number of hydrogen-bond donors (Lipinski definition) is 0. The van der Waals surface area contributed by atoms with Crippen molar-refractivity contribution in [2.24, 2.45) is 0 Å². The lowest BCUT2D eigenvalue weighted by Crippen LogP contribution is -2.16. The van der Waals surface area contributed by atoms with Crippen LogP contribution in [0.4, 0.5) is 17.6 Å². The van der Waals surface area contributed by atoms with E-state index in [1.54, 1.807) is 6.07 Å². The van der Waals surface area contributed by atoms with Gasteiger partial charge in [-0.05, 0) is 64.8 Å². The van der Waals surface area contributed by atoms with Crippen LogP contribution in [-0.4, -0.2) is 6.36 Å². The van der Waals surface area contributed by atoms with Gasteiger partial charge in [0.25, 0.3) is 0 Å². The number of hydrogen-bond acceptors (Lipinski definition) is 1. The van der Waals surface area contributed by atoms with Crippen molar-refractivity contribution < 1.29 is 22.3 Å². The minimum Gasteiger partial charge on any atom is -0.406 e. The maximum atomic E-state index is 15.2. The highest BCUT2D eigenvalue weighted by Gasteiger charge is 2.31. The molecule has 1 nitrogen and oxygen atoms in total. The molecule has 0 saturated heterocycles. The molecule has 3 aromatic carbocycles. The minimum absolute atomic E-state index is 0.325. The summed E-state index contributed by atoms with van der Waals surface area (Å²) >= 11 is 0. The maximum Gasteiger partial charge on any atom is 0.573 e. The number of fused-ring (bicyclic) bond motifs is 1. The Bertz CT molecular complexity index is 1080. The SMILES string of the molecule is CCc1ccc(C2=Cc3ccc(-c4ccc(OC(F)(F)F)cc4)c(F)c3CC2)cc1. The molecule has 0 atom stereocenters. The predicted octanol–water partition coefficient (Wildman–Crippen LogP) is 7.44. The Morgan fingerprint density at radius 3 is 2.13 bits per heavy atom. The van der Waals surface area contributed by atoms with Gasteiger partial charge in [-0.3, -0.25) is 0 Å². The van der Waals surface area contributed by atoms with Crippen LogP contribution in [0.1, 0.15) is 35.6 Å². The number of benzene rings is 3. The van der Waals surface area contributed by atoms with Crippen molar-refractivity contribution in [2.75, 3.05) is 0 Å². The average molecular weight is 412 g/mol. The van der Waals surface area contributed by atoms with E-state index in [9.17, 15) is 13.2 Å². The Labute approximate surface area is 172 Å². The Balaban J connectivity index is 1.62. The summed E-state index contributed by atoms with van der Waals surface area (Å²) in [7, 11) is 0. The summed E-state index contributed by atoms with van der Waals surface area (Å²) in [6, 6.07) is 17.2. The second-order valence-electron chi connectivity index (χ2n) is 7.29. The molecule has 0 heterocycles. The quantitative estimate of drug-likeness (QED) is 0.405. The lowest BCUT2D eigenvalue weighted by atomic mass is 9.86. The van der Waals surface area contributed by atoms with Crippen molar-refractivity contribution in [2.45, 2.75) is 32.5 Å². The number of halogens is 4. The number of ether oxygens (including phenoxy) is 1. The summed E-state index contributed by atoms with van der Waals surface area (Å²) in [5.74, 6) is -0.653. The van der Waals surface area contributed by atoms with Crippen molar-refractivity contribution in [1.29, 1.82) is 0 Å². The summed E-state index contributed by atoms with van der Waals surface area (Å²) in [4.78, 5) is 0. The molecule has 0 bridgehead atoms. The van der Waals surface area contributed by atoms with E-state index in [0.29, 0.717) is 23.1 Å². The van der Waals surface area contributed by atoms with Gasteiger partial charge in [0.05, 0.1) is 0 Å². The summed E-state index contributed by atoms with van der Waals surface area (Å²) < 4.78 is 56.0. The van der Waals surface area contributed by atoms with E-state index in [2.05, 4.69) is 35.9 Å². The third-order valence-corrected chi connectivity index (χ3v) is 5.39. The first-order valence-corrected chi connectivity index (χ1v) is 9.81. The molecule has 0 aliphatic heterocycles. The van der Waals surface area contributed by atoms with E-state index in [1.165, 1.54) is 35.4 Å². The zero-order chi connectivity index (χ0) is 21.3. The van der Waals surface area contributed by atoms with Crippen molar-refractivity contribution in [3.05, 3.63) is 88.7 Å². The topological polar surface area (TPSA) is 9.23 Å². The summed E-state index contributed by atoms with van der Waals surface area (Å²) in [6.45, 7) is 2.11. The first kappa shape index (κ1) is 20.2. The van der Waals surface area contributed by atoms with Crippen LogP contribution in [0, 0.1) is 5.82 Å². The van der Waals surface area contributed by atoms with Gasteiger partial charge in [-0.15, -0.1) is 13.2 Å². The molecular formula is C25H20F4O. The van der Waals surface area contributed by atoms with Gasteiger partial charge >= 0.3 is 6.36 Å². The smallest absolute Gasteiger partial charge is 0.406 e. The zero-order valence-corrected chi connectivity index (χ0v) is 16.4. The third kappa shape index (κ3) is 4.25. The van der Waals surface area contributed by atoms with Crippen LogP contribution in [0.25, 0.3) is 22.8 Å². The fraction of sp³-hybridized carbons (Fsp3) is 0.200. The van der Waals surface area contributed by atoms with Crippen molar-refractivity contribution in [3.8, 4) is 16.9 Å². The van der Waals surface area contributed by atoms with E-state index >= 15 is 4.39 Å². The highest BCUT2D eigenvalue weighted by Crippen LogP contribution is 2.36. The second-order valence-corrected chi connectivity index (χ2v) is 7.29. The van der Waals surface area contributed by atoms with Crippen LogP contribution in [0.2, 0.25) is 0 Å². The summed E-state index contributed by atoms with van der Waals surface area (Å²) in [5, 5.41) is 0. The Hall–Kier alpha value is -3.08. The Morgan fingerprint density at radius 2 is 1.50 bits per heavy atom. The molecule has 0 saturated carbocycles. The molecule has 0 aromatic heterocycles. The van der Waals surface area contributed by atoms with Gasteiger partial charge < -0.3 is 4.74 Å². The van der Waals surface area contributed by atoms with Gasteiger partial charge in [0, 0.05) is 5.56 Å². The summed E-state index contributed by atoms with van der Waals surface area (Å²) in [6.07, 6.45) is -0.436. The molecule has 4 rings (SSSR count). The molecule has 0 N–H and O–H groups in total. The van der Waals surface area contributed by atoms with Gasteiger partial charge in [0.2, 0.25) is 0 Å². The van der Waals surface area contributed by atoms with E-state index in [1.807, 2.05) is 12.1 Å². The molecule has 0 unspecified atom stereocenters. The number of allylic oxidation sites excluding steroid dienone is 1. The molecule has 1 aliphatic carbocycles. The van der Waals surface area contributed by atoms with E-state index in [-0.39, 0.29) is 11.6 Å². The van der Waals surface area contributed by atoms with Gasteiger partial charge in [0.15, 0.2) is 0 Å². The first-order valence-electron chi connectivity index (χ1n) is 9.81. The van der Waals surface area contributed by atoms with Crippen molar-refractivity contribution in [3.63, 3.8) is 0 Å². The monoisotopic (exact) mass is 412 g/mol. The zero-order valence-electron chi connectivity index (χ0n) is 16.4. The fourth-order valence-electron chi connectivity index (χ4n) is 3.79. The third-order valence-electron chi connectivity index (χ3n) is 5.39. The van der Waals surface area contributed by atoms with E-state index < -0.39 is 6.36 Å². The van der Waals surface area contributed by atoms with E-state index in [0.717, 1.165) is 24.0 Å². The van der Waals surface area contributed by atoms with Crippen LogP contribution in [0.5, 0.6) is 5.75 Å². The van der Waals surface area contributed by atoms with Crippen molar-refractivity contribution in [1.82, 2.24) is 0 Å². The number of aryl methyl sites for hydroxylation is 1. The van der Waals surface area contributed by atoms with Gasteiger partial charge in [-0.25, -0.2) is 4.39 Å². The van der Waals surface area contributed by atoms with Crippen LogP contribution in [0.3, 0.4) is 0 Å². The molecule has 0 radical (unpaired) electrons. The Kier molecular flexibility index (Phi) is 5.37. The number of alkyl halides is 3. The molecule has 0 fully saturated rings. The van der Waals surface area contributed by atoms with Gasteiger partial charge in [-0.1, -0.05) is 61.5 Å². The van der Waals surface area contributed by atoms with E-state index in [4.69, 9.17) is 0 Å². The molecule has 30 heavy (non-hydrogen) atoms. The number of rotatable bonds is 4. The first-order chi connectivity index (χ1) is 14.3. The lowest BCUT2D eigenvalue weighted by molar-refractivity contribution is -0.274. The van der Waals surface area contributed by atoms with Crippen LogP contribution < -0.4 is 4.74 Å². The second kappa shape index (κ2) is 7.98. The predicted molar refractivity (Wildman–Crippen MR) is 111 cm³/mol. The fourth-order valence-corrected chi connectivity index (χ4v) is 3.79. The van der Waals surface area contributed by atoms with Gasteiger partial charge in [-0.2, -0.15) is 0 Å². The maximum absolute atomic E-state index is 15.2. The molecule has 5 heteroatoms. The molecule has 154 valence electrons. The van der Waals surface area contributed by atoms with Gasteiger partial charge in [0.1, 0.15) is 11.6 Å². The summed E-state index contributed by atoms with van der Waals surface area (Å²) in [5.41, 5.74) is 5.95. The molecule has 3 aromatic rings. The van der Waals surface area contributed by atoms with Crippen molar-refractivity contribution >= 4 is 11.6 Å². The molecule has 0 amide bonds. The standard InChI is InChI=1S/C25H20F4O/c1-2-16-3-5-17(6-4-16)19-9-13-23-20(15-19)10-14-22(24(23)26)18-7-11-21(12-8-18)30-25(27,28)29/h3-8,10-12,14-15H,2,9,13H2,1H3. The lowest BCUT2D eigenvalue weighted by Gasteiger charge is -2.19.